The van der Waals surface area contributed by atoms with Gasteiger partial charge >= 0.3 is 0 Å². The summed E-state index contributed by atoms with van der Waals surface area (Å²) in [5.74, 6) is 0.812. The van der Waals surface area contributed by atoms with Crippen molar-refractivity contribution in [3.05, 3.63) is 28.2 Å². The molecule has 1 atom stereocenters. The van der Waals surface area contributed by atoms with Crippen molar-refractivity contribution in [1.29, 1.82) is 0 Å². The smallest absolute Gasteiger partial charge is 0.119 e. The fourth-order valence-corrected chi connectivity index (χ4v) is 2.41. The highest BCUT2D eigenvalue weighted by molar-refractivity contribution is 9.10. The second-order valence-electron chi connectivity index (χ2n) is 6.56. The van der Waals surface area contributed by atoms with Crippen LogP contribution in [0.5, 0.6) is 5.75 Å². The van der Waals surface area contributed by atoms with E-state index in [0.717, 1.165) is 22.3 Å². The van der Waals surface area contributed by atoms with E-state index in [9.17, 15) is 5.11 Å². The average Bonchev–Trinajstić information content (AvgIpc) is 2.29. The van der Waals surface area contributed by atoms with E-state index < -0.39 is 5.60 Å². The SMILES string of the molecule is COc1ccc(Br)c(CC(C)(O)CCNC(C)(C)C)c1. The minimum absolute atomic E-state index is 0.0760. The lowest BCUT2D eigenvalue weighted by molar-refractivity contribution is 0.0497. The third-order valence-electron chi connectivity index (χ3n) is 3.14. The molecule has 0 fully saturated rings. The van der Waals surface area contributed by atoms with Crippen LogP contribution in [0.2, 0.25) is 0 Å². The molecule has 0 heterocycles. The lowest BCUT2D eigenvalue weighted by Gasteiger charge is -2.27. The van der Waals surface area contributed by atoms with Gasteiger partial charge in [0, 0.05) is 16.4 Å². The number of hydrogen-bond donors (Lipinski definition) is 2. The molecule has 0 saturated heterocycles. The Hall–Kier alpha value is -0.580. The zero-order chi connectivity index (χ0) is 15.4. The number of benzene rings is 1. The van der Waals surface area contributed by atoms with Crippen molar-refractivity contribution in [2.24, 2.45) is 0 Å². The Bertz CT molecular complexity index is 439. The summed E-state index contributed by atoms with van der Waals surface area (Å²) in [6.07, 6.45) is 1.30. The molecule has 114 valence electrons. The molecule has 0 aliphatic heterocycles. The van der Waals surface area contributed by atoms with Crippen LogP contribution in [0, 0.1) is 0 Å². The highest BCUT2D eigenvalue weighted by Gasteiger charge is 2.23. The molecule has 0 radical (unpaired) electrons. The number of methoxy groups -OCH3 is 1. The van der Waals surface area contributed by atoms with E-state index in [1.54, 1.807) is 7.11 Å². The van der Waals surface area contributed by atoms with Crippen molar-refractivity contribution in [3.63, 3.8) is 0 Å². The molecule has 0 aliphatic rings. The Morgan fingerprint density at radius 3 is 2.45 bits per heavy atom. The van der Waals surface area contributed by atoms with E-state index in [2.05, 4.69) is 42.0 Å². The number of aliphatic hydroxyl groups is 1. The Kier molecular flexibility index (Phi) is 6.05. The average molecular weight is 344 g/mol. The number of rotatable bonds is 6. The summed E-state index contributed by atoms with van der Waals surface area (Å²) < 4.78 is 6.24. The fraction of sp³-hybridized carbons (Fsp3) is 0.625. The maximum atomic E-state index is 10.6. The Morgan fingerprint density at radius 2 is 1.90 bits per heavy atom. The van der Waals surface area contributed by atoms with E-state index in [-0.39, 0.29) is 5.54 Å². The molecule has 1 rings (SSSR count). The van der Waals surface area contributed by atoms with Gasteiger partial charge in [0.1, 0.15) is 5.75 Å². The Morgan fingerprint density at radius 1 is 1.25 bits per heavy atom. The number of hydrogen-bond acceptors (Lipinski definition) is 3. The van der Waals surface area contributed by atoms with E-state index in [1.807, 2.05) is 25.1 Å². The standard InChI is InChI=1S/C16H26BrNO2/c1-15(2,3)18-9-8-16(4,19)11-12-10-13(20-5)6-7-14(12)17/h6-7,10,18-19H,8-9,11H2,1-5H3. The van der Waals surface area contributed by atoms with E-state index in [0.29, 0.717) is 12.8 Å². The van der Waals surface area contributed by atoms with Gasteiger partial charge in [0.25, 0.3) is 0 Å². The van der Waals surface area contributed by atoms with Crippen LogP contribution in [0.3, 0.4) is 0 Å². The van der Waals surface area contributed by atoms with Crippen molar-refractivity contribution >= 4 is 15.9 Å². The molecule has 1 aromatic carbocycles. The van der Waals surface area contributed by atoms with Gasteiger partial charge in [0.2, 0.25) is 0 Å². The summed E-state index contributed by atoms with van der Waals surface area (Å²) >= 11 is 3.53. The molecule has 1 aromatic rings. The summed E-state index contributed by atoms with van der Waals surface area (Å²) in [5, 5.41) is 14.0. The molecular weight excluding hydrogens is 318 g/mol. The van der Waals surface area contributed by atoms with Crippen LogP contribution in [0.1, 0.15) is 39.7 Å². The highest BCUT2D eigenvalue weighted by Crippen LogP contribution is 2.27. The molecule has 0 spiro atoms. The first-order valence-electron chi connectivity index (χ1n) is 6.93. The van der Waals surface area contributed by atoms with Crippen LogP contribution >= 0.6 is 15.9 Å². The first-order valence-corrected chi connectivity index (χ1v) is 7.72. The summed E-state index contributed by atoms with van der Waals surface area (Å²) in [7, 11) is 1.65. The summed E-state index contributed by atoms with van der Waals surface area (Å²) in [4.78, 5) is 0. The van der Waals surface area contributed by atoms with Crippen LogP contribution in [0.4, 0.5) is 0 Å². The van der Waals surface area contributed by atoms with Gasteiger partial charge in [-0.15, -0.1) is 0 Å². The largest absolute Gasteiger partial charge is 0.497 e. The molecule has 0 bridgehead atoms. The second kappa shape index (κ2) is 6.92. The maximum absolute atomic E-state index is 10.6. The van der Waals surface area contributed by atoms with Crippen molar-refractivity contribution in [2.45, 2.75) is 51.7 Å². The number of nitrogens with one attached hydrogen (secondary N) is 1. The number of ether oxygens (including phenoxy) is 1. The predicted molar refractivity (Wildman–Crippen MR) is 87.4 cm³/mol. The normalized spacial score (nSPS) is 14.9. The van der Waals surface area contributed by atoms with Gasteiger partial charge in [-0.25, -0.2) is 0 Å². The molecule has 1 unspecified atom stereocenters. The predicted octanol–water partition coefficient (Wildman–Crippen LogP) is 3.53. The van der Waals surface area contributed by atoms with Crippen molar-refractivity contribution in [1.82, 2.24) is 5.32 Å². The minimum Gasteiger partial charge on any atom is -0.497 e. The van der Waals surface area contributed by atoms with Crippen LogP contribution in [0.25, 0.3) is 0 Å². The summed E-state index contributed by atoms with van der Waals surface area (Å²) in [6.45, 7) is 9.04. The van der Waals surface area contributed by atoms with Crippen molar-refractivity contribution in [3.8, 4) is 5.75 Å². The van der Waals surface area contributed by atoms with E-state index in [4.69, 9.17) is 4.74 Å². The zero-order valence-electron chi connectivity index (χ0n) is 13.1. The summed E-state index contributed by atoms with van der Waals surface area (Å²) in [5.41, 5.74) is 0.393. The van der Waals surface area contributed by atoms with Gasteiger partial charge < -0.3 is 15.2 Å². The number of halogens is 1. The molecule has 20 heavy (non-hydrogen) atoms. The van der Waals surface area contributed by atoms with Gasteiger partial charge in [-0.1, -0.05) is 15.9 Å². The fourth-order valence-electron chi connectivity index (χ4n) is 2.02. The van der Waals surface area contributed by atoms with Crippen molar-refractivity contribution in [2.75, 3.05) is 13.7 Å². The third-order valence-corrected chi connectivity index (χ3v) is 3.92. The van der Waals surface area contributed by atoms with Crippen LogP contribution in [-0.2, 0) is 6.42 Å². The molecule has 3 nitrogen and oxygen atoms in total. The molecule has 0 saturated carbocycles. The first-order chi connectivity index (χ1) is 9.13. The Labute approximate surface area is 130 Å². The van der Waals surface area contributed by atoms with Gasteiger partial charge in [-0.05, 0) is 64.4 Å². The quantitative estimate of drug-likeness (QED) is 0.830. The van der Waals surface area contributed by atoms with Gasteiger partial charge in [0.05, 0.1) is 12.7 Å². The van der Waals surface area contributed by atoms with Crippen LogP contribution < -0.4 is 10.1 Å². The van der Waals surface area contributed by atoms with Crippen molar-refractivity contribution < 1.29 is 9.84 Å². The summed E-state index contributed by atoms with van der Waals surface area (Å²) in [6, 6.07) is 5.83. The van der Waals surface area contributed by atoms with Gasteiger partial charge in [-0.2, -0.15) is 0 Å². The van der Waals surface area contributed by atoms with Gasteiger partial charge in [0.15, 0.2) is 0 Å². The van der Waals surface area contributed by atoms with E-state index in [1.165, 1.54) is 0 Å². The minimum atomic E-state index is -0.743. The molecule has 2 N–H and O–H groups in total. The Balaban J connectivity index is 2.65. The first kappa shape index (κ1) is 17.5. The molecular formula is C16H26BrNO2. The highest BCUT2D eigenvalue weighted by atomic mass is 79.9. The maximum Gasteiger partial charge on any atom is 0.119 e. The monoisotopic (exact) mass is 343 g/mol. The van der Waals surface area contributed by atoms with Gasteiger partial charge in [-0.3, -0.25) is 0 Å². The molecule has 4 heteroatoms. The molecule has 0 aliphatic carbocycles. The van der Waals surface area contributed by atoms with Crippen LogP contribution in [-0.4, -0.2) is 29.9 Å². The van der Waals surface area contributed by atoms with Crippen LogP contribution in [0.15, 0.2) is 22.7 Å². The second-order valence-corrected chi connectivity index (χ2v) is 7.41. The zero-order valence-corrected chi connectivity index (χ0v) is 14.7. The lowest BCUT2D eigenvalue weighted by atomic mass is 9.92. The molecule has 0 aromatic heterocycles. The topological polar surface area (TPSA) is 41.5 Å². The molecule has 0 amide bonds. The lowest BCUT2D eigenvalue weighted by Crippen LogP contribution is -2.40. The third kappa shape index (κ3) is 6.25. The van der Waals surface area contributed by atoms with E-state index >= 15 is 0 Å².